The van der Waals surface area contributed by atoms with Gasteiger partial charge in [0.1, 0.15) is 17.4 Å². The van der Waals surface area contributed by atoms with E-state index in [9.17, 15) is 4.79 Å². The number of carbonyl (C=O) groups excluding carboxylic acids is 1. The molecule has 5 rings (SSSR count). The first-order chi connectivity index (χ1) is 16.0. The van der Waals surface area contributed by atoms with Crippen molar-refractivity contribution in [3.05, 3.63) is 64.9 Å². The van der Waals surface area contributed by atoms with Crippen LogP contribution in [0.25, 0.3) is 0 Å². The van der Waals surface area contributed by atoms with Crippen molar-refractivity contribution in [2.45, 2.75) is 51.7 Å². The van der Waals surface area contributed by atoms with E-state index in [1.54, 1.807) is 7.11 Å². The third-order valence-electron chi connectivity index (χ3n) is 6.68. The molecule has 0 saturated carbocycles. The maximum absolute atomic E-state index is 13.0. The zero-order valence-electron chi connectivity index (χ0n) is 19.5. The van der Waals surface area contributed by atoms with Gasteiger partial charge in [0.05, 0.1) is 25.9 Å². The van der Waals surface area contributed by atoms with Crippen LogP contribution in [-0.2, 0) is 31.4 Å². The van der Waals surface area contributed by atoms with Gasteiger partial charge in [-0.1, -0.05) is 18.2 Å². The Morgan fingerprint density at radius 3 is 2.79 bits per heavy atom. The number of fused-ring (bicyclic) bond motifs is 1. The summed E-state index contributed by atoms with van der Waals surface area (Å²) in [5.74, 6) is 2.44. The summed E-state index contributed by atoms with van der Waals surface area (Å²) in [6.45, 7) is 4.31. The van der Waals surface area contributed by atoms with E-state index in [2.05, 4.69) is 16.2 Å². The summed E-state index contributed by atoms with van der Waals surface area (Å²) in [6, 6.07) is 7.98. The molecule has 1 saturated heterocycles. The molecule has 2 aliphatic rings. The van der Waals surface area contributed by atoms with Gasteiger partial charge in [-0.2, -0.15) is 5.10 Å². The van der Waals surface area contributed by atoms with Crippen molar-refractivity contribution in [3.8, 4) is 5.75 Å². The minimum atomic E-state index is 0.0936. The lowest BCUT2D eigenvalue weighted by molar-refractivity contribution is -0.119. The molecular formula is C25H30N6O2. The predicted octanol–water partition coefficient (Wildman–Crippen LogP) is 3.34. The van der Waals surface area contributed by atoms with Crippen LogP contribution in [0.15, 0.2) is 36.7 Å². The zero-order chi connectivity index (χ0) is 22.9. The van der Waals surface area contributed by atoms with Gasteiger partial charge in [-0.15, -0.1) is 0 Å². The minimum absolute atomic E-state index is 0.0936. The molecule has 2 aromatic heterocycles. The fourth-order valence-electron chi connectivity index (χ4n) is 5.01. The zero-order valence-corrected chi connectivity index (χ0v) is 19.5. The number of likely N-dealkylation sites (tertiary alicyclic amines) is 1. The Bertz CT molecular complexity index is 1170. The van der Waals surface area contributed by atoms with E-state index in [4.69, 9.17) is 14.7 Å². The molecule has 3 aromatic rings. The monoisotopic (exact) mass is 446 g/mol. The Morgan fingerprint density at radius 2 is 2.00 bits per heavy atom. The van der Waals surface area contributed by atoms with Crippen molar-refractivity contribution < 1.29 is 9.53 Å². The van der Waals surface area contributed by atoms with E-state index in [-0.39, 0.29) is 11.9 Å². The lowest BCUT2D eigenvalue weighted by Crippen LogP contribution is -2.37. The highest BCUT2D eigenvalue weighted by atomic mass is 16.5. The van der Waals surface area contributed by atoms with Gasteiger partial charge in [0.2, 0.25) is 5.91 Å². The van der Waals surface area contributed by atoms with Crippen LogP contribution < -0.4 is 9.64 Å². The first-order valence-electron chi connectivity index (χ1n) is 11.5. The van der Waals surface area contributed by atoms with Crippen LogP contribution in [-0.4, -0.2) is 44.2 Å². The van der Waals surface area contributed by atoms with Gasteiger partial charge in [-0.3, -0.25) is 19.3 Å². The highest BCUT2D eigenvalue weighted by Crippen LogP contribution is 2.36. The van der Waals surface area contributed by atoms with Crippen LogP contribution in [0.2, 0.25) is 0 Å². The molecular weight excluding hydrogens is 416 g/mol. The second-order valence-electron chi connectivity index (χ2n) is 8.91. The number of aromatic nitrogens is 4. The molecule has 2 aliphatic heterocycles. The average molecular weight is 447 g/mol. The molecule has 8 heteroatoms. The number of methoxy groups -OCH3 is 1. The number of aryl methyl sites for hydroxylation is 2. The maximum atomic E-state index is 13.0. The number of anilines is 1. The number of para-hydroxylation sites is 1. The van der Waals surface area contributed by atoms with Gasteiger partial charge in [-0.05, 0) is 38.8 Å². The molecule has 172 valence electrons. The molecule has 0 radical (unpaired) electrons. The topological polar surface area (TPSA) is 76.4 Å². The summed E-state index contributed by atoms with van der Waals surface area (Å²) < 4.78 is 7.36. The number of nitrogens with zero attached hydrogens (tertiary/aromatic N) is 6. The van der Waals surface area contributed by atoms with E-state index in [0.29, 0.717) is 19.4 Å². The van der Waals surface area contributed by atoms with Gasteiger partial charge in [-0.25, -0.2) is 9.97 Å². The molecule has 0 N–H and O–H groups in total. The van der Waals surface area contributed by atoms with Crippen LogP contribution in [0.1, 0.15) is 53.5 Å². The van der Waals surface area contributed by atoms with E-state index in [0.717, 1.165) is 60.1 Å². The maximum Gasteiger partial charge on any atom is 0.228 e. The Labute approximate surface area is 194 Å². The number of ether oxygens (including phenoxy) is 1. The highest BCUT2D eigenvalue weighted by molar-refractivity contribution is 5.95. The Morgan fingerprint density at radius 1 is 1.15 bits per heavy atom. The third kappa shape index (κ3) is 4.23. The molecule has 1 fully saturated rings. The van der Waals surface area contributed by atoms with Crippen molar-refractivity contribution in [2.24, 2.45) is 7.05 Å². The number of carbonyl (C=O) groups is 1. The minimum Gasteiger partial charge on any atom is -0.496 e. The van der Waals surface area contributed by atoms with Crippen molar-refractivity contribution in [3.63, 3.8) is 0 Å². The summed E-state index contributed by atoms with van der Waals surface area (Å²) in [6.07, 6.45) is 7.26. The van der Waals surface area contributed by atoms with E-state index in [1.807, 2.05) is 54.0 Å². The SMILES string of the molecule is COc1ccccc1CN1C(=O)CCc2c(C)nc(C3CCCN3Cc3cnn(C)c3)nc21. The predicted molar refractivity (Wildman–Crippen MR) is 125 cm³/mol. The molecule has 4 heterocycles. The molecule has 1 amide bonds. The van der Waals surface area contributed by atoms with Crippen LogP contribution in [0.5, 0.6) is 5.75 Å². The fourth-order valence-corrected chi connectivity index (χ4v) is 5.01. The molecule has 0 spiro atoms. The van der Waals surface area contributed by atoms with Crippen molar-refractivity contribution in [2.75, 3.05) is 18.6 Å². The normalized spacial score (nSPS) is 18.6. The summed E-state index contributed by atoms with van der Waals surface area (Å²) in [5, 5.41) is 4.30. The number of amides is 1. The number of hydrogen-bond donors (Lipinski definition) is 0. The summed E-state index contributed by atoms with van der Waals surface area (Å²) in [7, 11) is 3.60. The third-order valence-corrected chi connectivity index (χ3v) is 6.68. The van der Waals surface area contributed by atoms with E-state index in [1.165, 1.54) is 5.56 Å². The Kier molecular flexibility index (Phi) is 5.85. The molecule has 1 aromatic carbocycles. The summed E-state index contributed by atoms with van der Waals surface area (Å²) in [5.41, 5.74) is 4.20. The van der Waals surface area contributed by atoms with Crippen LogP contribution in [0.3, 0.4) is 0 Å². The molecule has 8 nitrogen and oxygen atoms in total. The first kappa shape index (κ1) is 21.6. The number of rotatable bonds is 6. The van der Waals surface area contributed by atoms with Crippen LogP contribution >= 0.6 is 0 Å². The average Bonchev–Trinajstić information content (AvgIpc) is 3.44. The Balaban J connectivity index is 1.48. The molecule has 1 unspecified atom stereocenters. The van der Waals surface area contributed by atoms with Gasteiger partial charge < -0.3 is 4.74 Å². The van der Waals surface area contributed by atoms with E-state index >= 15 is 0 Å². The van der Waals surface area contributed by atoms with Gasteiger partial charge in [0.15, 0.2) is 0 Å². The largest absolute Gasteiger partial charge is 0.496 e. The van der Waals surface area contributed by atoms with E-state index < -0.39 is 0 Å². The number of benzene rings is 1. The first-order valence-corrected chi connectivity index (χ1v) is 11.5. The standard InChI is InChI=1S/C25H30N6O2/c1-17-20-10-11-23(32)31(16-19-7-4-5-9-22(19)33-3)25(20)28-24(27-17)21-8-6-12-30(21)15-18-13-26-29(2)14-18/h4-5,7,9,13-14,21H,6,8,10-12,15-16H2,1-3H3. The smallest absolute Gasteiger partial charge is 0.228 e. The summed E-state index contributed by atoms with van der Waals surface area (Å²) in [4.78, 5) is 27.2. The summed E-state index contributed by atoms with van der Waals surface area (Å²) >= 11 is 0. The van der Waals surface area contributed by atoms with Crippen molar-refractivity contribution in [1.82, 2.24) is 24.6 Å². The second-order valence-corrected chi connectivity index (χ2v) is 8.91. The molecule has 33 heavy (non-hydrogen) atoms. The second kappa shape index (κ2) is 8.94. The Hall–Kier alpha value is -3.26. The molecule has 0 bridgehead atoms. The van der Waals surface area contributed by atoms with Gasteiger partial charge in [0.25, 0.3) is 0 Å². The van der Waals surface area contributed by atoms with Crippen LogP contribution in [0, 0.1) is 6.92 Å². The molecule has 1 atom stereocenters. The number of hydrogen-bond acceptors (Lipinski definition) is 6. The fraction of sp³-hybridized carbons (Fsp3) is 0.440. The van der Waals surface area contributed by atoms with Gasteiger partial charge in [0, 0.05) is 48.6 Å². The molecule has 0 aliphatic carbocycles. The highest BCUT2D eigenvalue weighted by Gasteiger charge is 2.33. The lowest BCUT2D eigenvalue weighted by Gasteiger charge is -2.31. The van der Waals surface area contributed by atoms with Crippen molar-refractivity contribution >= 4 is 11.7 Å². The van der Waals surface area contributed by atoms with Gasteiger partial charge >= 0.3 is 0 Å². The quantitative estimate of drug-likeness (QED) is 0.578. The lowest BCUT2D eigenvalue weighted by atomic mass is 10.0. The van der Waals surface area contributed by atoms with Crippen molar-refractivity contribution in [1.29, 1.82) is 0 Å². The van der Waals surface area contributed by atoms with Crippen LogP contribution in [0.4, 0.5) is 5.82 Å².